The number of aromatic nitrogens is 3. The fourth-order valence-electron chi connectivity index (χ4n) is 2.93. The van der Waals surface area contributed by atoms with Crippen molar-refractivity contribution in [1.29, 1.82) is 0 Å². The van der Waals surface area contributed by atoms with Crippen LogP contribution in [0.15, 0.2) is 30.7 Å². The van der Waals surface area contributed by atoms with E-state index in [1.165, 1.54) is 31.2 Å². The monoisotopic (exact) mass is 268 g/mol. The average molecular weight is 268 g/mol. The highest BCUT2D eigenvalue weighted by molar-refractivity contribution is 5.68. The summed E-state index contributed by atoms with van der Waals surface area (Å²) >= 11 is 0. The summed E-state index contributed by atoms with van der Waals surface area (Å²) in [6.45, 7) is 2.33. The van der Waals surface area contributed by atoms with Gasteiger partial charge < -0.3 is 5.73 Å². The minimum absolute atomic E-state index is 0.504. The van der Waals surface area contributed by atoms with E-state index in [9.17, 15) is 0 Å². The molecule has 1 aliphatic rings. The van der Waals surface area contributed by atoms with Crippen molar-refractivity contribution in [3.05, 3.63) is 36.3 Å². The van der Waals surface area contributed by atoms with Gasteiger partial charge in [-0.1, -0.05) is 19.8 Å². The molecule has 0 amide bonds. The van der Waals surface area contributed by atoms with Crippen molar-refractivity contribution in [3.63, 3.8) is 0 Å². The van der Waals surface area contributed by atoms with E-state index in [1.54, 1.807) is 18.5 Å². The second-order valence-electron chi connectivity index (χ2n) is 5.73. The Morgan fingerprint density at radius 3 is 2.45 bits per heavy atom. The number of pyridine rings is 1. The highest BCUT2D eigenvalue weighted by Crippen LogP contribution is 2.36. The van der Waals surface area contributed by atoms with Crippen molar-refractivity contribution in [2.24, 2.45) is 5.92 Å². The van der Waals surface area contributed by atoms with Crippen LogP contribution in [0.25, 0.3) is 11.4 Å². The van der Waals surface area contributed by atoms with E-state index < -0.39 is 0 Å². The molecule has 4 heteroatoms. The third-order valence-corrected chi connectivity index (χ3v) is 4.23. The molecule has 0 spiro atoms. The van der Waals surface area contributed by atoms with Crippen molar-refractivity contribution < 1.29 is 0 Å². The number of nitrogens with zero attached hydrogens (tertiary/aromatic N) is 3. The van der Waals surface area contributed by atoms with Gasteiger partial charge in [-0.2, -0.15) is 0 Å². The molecule has 0 radical (unpaired) electrons. The van der Waals surface area contributed by atoms with Gasteiger partial charge in [-0.15, -0.1) is 0 Å². The molecule has 1 aliphatic carbocycles. The van der Waals surface area contributed by atoms with E-state index in [0.717, 1.165) is 11.5 Å². The van der Waals surface area contributed by atoms with Crippen LogP contribution in [-0.2, 0) is 0 Å². The maximum atomic E-state index is 5.98. The van der Waals surface area contributed by atoms with E-state index in [-0.39, 0.29) is 0 Å². The number of hydrogen-bond donors (Lipinski definition) is 1. The molecule has 2 aromatic rings. The third kappa shape index (κ3) is 2.64. The van der Waals surface area contributed by atoms with Gasteiger partial charge in [0.25, 0.3) is 0 Å². The highest BCUT2D eigenvalue weighted by Gasteiger charge is 2.21. The van der Waals surface area contributed by atoms with Crippen molar-refractivity contribution in [2.45, 2.75) is 38.5 Å². The van der Waals surface area contributed by atoms with Gasteiger partial charge in [-0.3, -0.25) is 0 Å². The molecule has 0 aliphatic heterocycles. The van der Waals surface area contributed by atoms with Crippen LogP contribution in [0.1, 0.15) is 44.1 Å². The molecule has 1 saturated carbocycles. The lowest BCUT2D eigenvalue weighted by atomic mass is 9.79. The summed E-state index contributed by atoms with van der Waals surface area (Å²) in [5.41, 5.74) is 8.10. The topological polar surface area (TPSA) is 64.7 Å². The molecule has 0 saturated heterocycles. The van der Waals surface area contributed by atoms with E-state index in [1.807, 2.05) is 6.20 Å². The average Bonchev–Trinajstić information content (AvgIpc) is 2.50. The molecule has 2 N–H and O–H groups in total. The minimum Gasteiger partial charge on any atom is -0.383 e. The number of nitrogens with two attached hydrogens (primary N) is 1. The van der Waals surface area contributed by atoms with Crippen molar-refractivity contribution in [3.8, 4) is 11.4 Å². The zero-order valence-corrected chi connectivity index (χ0v) is 11.8. The predicted octanol–water partition coefficient (Wildman–Crippen LogP) is 3.41. The summed E-state index contributed by atoms with van der Waals surface area (Å²) < 4.78 is 0. The normalized spacial score (nSPS) is 22.6. The smallest absolute Gasteiger partial charge is 0.162 e. The number of nitrogen functional groups attached to an aromatic ring is 1. The first-order chi connectivity index (χ1) is 9.74. The zero-order chi connectivity index (χ0) is 13.9. The van der Waals surface area contributed by atoms with E-state index in [4.69, 9.17) is 5.73 Å². The predicted molar refractivity (Wildman–Crippen MR) is 80.0 cm³/mol. The van der Waals surface area contributed by atoms with E-state index in [0.29, 0.717) is 17.6 Å². The number of hydrogen-bond acceptors (Lipinski definition) is 4. The fourth-order valence-corrected chi connectivity index (χ4v) is 2.93. The Morgan fingerprint density at radius 1 is 1.05 bits per heavy atom. The second-order valence-corrected chi connectivity index (χ2v) is 5.73. The zero-order valence-electron chi connectivity index (χ0n) is 11.8. The molecule has 2 aromatic heterocycles. The second kappa shape index (κ2) is 5.57. The van der Waals surface area contributed by atoms with Crippen LogP contribution in [0, 0.1) is 5.92 Å². The first-order valence-electron chi connectivity index (χ1n) is 7.27. The molecule has 0 bridgehead atoms. The maximum absolute atomic E-state index is 5.98. The maximum Gasteiger partial charge on any atom is 0.162 e. The van der Waals surface area contributed by atoms with Gasteiger partial charge in [0.15, 0.2) is 5.82 Å². The SMILES string of the molecule is CC1CCC(c2cnc(N)c(-c3ncccn3)c2)CC1. The first kappa shape index (κ1) is 13.0. The molecule has 4 nitrogen and oxygen atoms in total. The number of anilines is 1. The molecule has 0 atom stereocenters. The molecule has 1 fully saturated rings. The van der Waals surface area contributed by atoms with E-state index in [2.05, 4.69) is 27.9 Å². The molecular weight excluding hydrogens is 248 g/mol. The van der Waals surface area contributed by atoms with Crippen LogP contribution in [0.5, 0.6) is 0 Å². The Labute approximate surface area is 119 Å². The Morgan fingerprint density at radius 2 is 1.75 bits per heavy atom. The van der Waals surface area contributed by atoms with Crippen molar-refractivity contribution in [1.82, 2.24) is 15.0 Å². The van der Waals surface area contributed by atoms with Crippen LogP contribution < -0.4 is 5.73 Å². The van der Waals surface area contributed by atoms with Crippen LogP contribution >= 0.6 is 0 Å². The Kier molecular flexibility index (Phi) is 3.63. The van der Waals surface area contributed by atoms with Gasteiger partial charge in [0.2, 0.25) is 0 Å². The van der Waals surface area contributed by atoms with Crippen LogP contribution in [0.4, 0.5) is 5.82 Å². The van der Waals surface area contributed by atoms with Crippen molar-refractivity contribution >= 4 is 5.82 Å². The summed E-state index contributed by atoms with van der Waals surface area (Å²) in [6.07, 6.45) is 10.5. The van der Waals surface area contributed by atoms with E-state index >= 15 is 0 Å². The summed E-state index contributed by atoms with van der Waals surface area (Å²) in [4.78, 5) is 12.9. The Balaban J connectivity index is 1.91. The summed E-state index contributed by atoms with van der Waals surface area (Å²) in [6, 6.07) is 3.93. The van der Waals surface area contributed by atoms with Gasteiger partial charge in [-0.25, -0.2) is 15.0 Å². The quantitative estimate of drug-likeness (QED) is 0.906. The van der Waals surface area contributed by atoms with Crippen LogP contribution in [-0.4, -0.2) is 15.0 Å². The number of rotatable bonds is 2. The van der Waals surface area contributed by atoms with Gasteiger partial charge in [0, 0.05) is 18.6 Å². The summed E-state index contributed by atoms with van der Waals surface area (Å²) in [7, 11) is 0. The lowest BCUT2D eigenvalue weighted by Crippen LogP contribution is -2.11. The molecule has 0 aromatic carbocycles. The molecule has 104 valence electrons. The molecule has 3 rings (SSSR count). The van der Waals surface area contributed by atoms with Gasteiger partial charge in [-0.05, 0) is 42.4 Å². The lowest BCUT2D eigenvalue weighted by Gasteiger charge is -2.26. The Bertz CT molecular complexity index is 574. The Hall–Kier alpha value is -1.97. The fraction of sp³-hybridized carbons (Fsp3) is 0.438. The minimum atomic E-state index is 0.504. The largest absolute Gasteiger partial charge is 0.383 e. The molecule has 0 unspecified atom stereocenters. The van der Waals surface area contributed by atoms with Gasteiger partial charge in [0.05, 0.1) is 5.56 Å². The van der Waals surface area contributed by atoms with Gasteiger partial charge in [0.1, 0.15) is 5.82 Å². The summed E-state index contributed by atoms with van der Waals surface area (Å²) in [5, 5.41) is 0. The van der Waals surface area contributed by atoms with Crippen molar-refractivity contribution in [2.75, 3.05) is 5.73 Å². The standard InChI is InChI=1S/C16H20N4/c1-11-3-5-12(6-4-11)13-9-14(15(17)20-10-13)16-18-7-2-8-19-16/h2,7-12H,3-6H2,1H3,(H2,17,20). The molecule has 2 heterocycles. The molecular formula is C16H20N4. The van der Waals surface area contributed by atoms with Gasteiger partial charge >= 0.3 is 0 Å². The third-order valence-electron chi connectivity index (χ3n) is 4.23. The first-order valence-corrected chi connectivity index (χ1v) is 7.27. The lowest BCUT2D eigenvalue weighted by molar-refractivity contribution is 0.347. The van der Waals surface area contributed by atoms with Crippen LogP contribution in [0.2, 0.25) is 0 Å². The summed E-state index contributed by atoms with van der Waals surface area (Å²) in [5.74, 6) is 2.61. The van der Waals surface area contributed by atoms with Crippen LogP contribution in [0.3, 0.4) is 0 Å². The molecule has 20 heavy (non-hydrogen) atoms. The highest BCUT2D eigenvalue weighted by atomic mass is 14.9.